The maximum atomic E-state index is 16.2. The van der Waals surface area contributed by atoms with Gasteiger partial charge in [0.1, 0.15) is 17.4 Å². The molecule has 2 atom stereocenters. The number of anilines is 3. The number of aromatic nitrogens is 7. The lowest BCUT2D eigenvalue weighted by Crippen LogP contribution is -2.58. The summed E-state index contributed by atoms with van der Waals surface area (Å²) in [5, 5.41) is 13.4. The van der Waals surface area contributed by atoms with Gasteiger partial charge in [0.05, 0.1) is 59.4 Å². The zero-order valence-electron chi connectivity index (χ0n) is 35.6. The van der Waals surface area contributed by atoms with Crippen LogP contribution in [0.4, 0.5) is 34.8 Å². The molecule has 5 aromatic rings. The highest BCUT2D eigenvalue weighted by atomic mass is 19.3. The van der Waals surface area contributed by atoms with Crippen LogP contribution in [0.1, 0.15) is 92.3 Å². The highest BCUT2D eigenvalue weighted by Gasteiger charge is 2.49. The van der Waals surface area contributed by atoms with Gasteiger partial charge in [0.15, 0.2) is 11.3 Å². The van der Waals surface area contributed by atoms with Crippen LogP contribution in [0.2, 0.25) is 0 Å². The average molecular weight is 891 g/mol. The number of nitrogens with one attached hydrogen (secondary N) is 2. The van der Waals surface area contributed by atoms with E-state index in [1.165, 1.54) is 30.7 Å². The van der Waals surface area contributed by atoms with Crippen molar-refractivity contribution in [2.24, 2.45) is 13.0 Å². The predicted octanol–water partition coefficient (Wildman–Crippen LogP) is 4.69. The molecule has 10 rings (SSSR count). The van der Waals surface area contributed by atoms with Crippen molar-refractivity contribution in [3.8, 4) is 0 Å². The number of carbonyl (C=O) groups is 3. The van der Waals surface area contributed by atoms with Crippen molar-refractivity contribution in [3.63, 3.8) is 0 Å². The van der Waals surface area contributed by atoms with Crippen LogP contribution in [-0.2, 0) is 21.4 Å². The van der Waals surface area contributed by atoms with E-state index >= 15 is 8.78 Å². The molecule has 7 heterocycles. The fourth-order valence-corrected chi connectivity index (χ4v) is 10.4. The van der Waals surface area contributed by atoms with Gasteiger partial charge in [-0.15, -0.1) is 0 Å². The quantitative estimate of drug-likeness (QED) is 0.147. The summed E-state index contributed by atoms with van der Waals surface area (Å²) in [7, 11) is 3.27. The molecule has 2 unspecified atom stereocenters. The molecule has 21 heteroatoms. The molecular weight excluding hydrogens is 841 g/mol. The summed E-state index contributed by atoms with van der Waals surface area (Å²) in [5.74, 6) is -3.94. The van der Waals surface area contributed by atoms with Crippen LogP contribution in [0.5, 0.6) is 0 Å². The van der Waals surface area contributed by atoms with Gasteiger partial charge in [-0.1, -0.05) is 6.07 Å². The van der Waals surface area contributed by atoms with Gasteiger partial charge in [0.25, 0.3) is 18.3 Å². The highest BCUT2D eigenvalue weighted by molar-refractivity contribution is 6.08. The summed E-state index contributed by atoms with van der Waals surface area (Å²) in [4.78, 5) is 61.8. The number of imide groups is 1. The summed E-state index contributed by atoms with van der Waals surface area (Å²) in [6, 6.07) is 4.76. The van der Waals surface area contributed by atoms with Crippen LogP contribution in [0.15, 0.2) is 47.7 Å². The van der Waals surface area contributed by atoms with Gasteiger partial charge >= 0.3 is 5.69 Å². The lowest BCUT2D eigenvalue weighted by molar-refractivity contribution is -0.135. The van der Waals surface area contributed by atoms with E-state index in [9.17, 15) is 28.0 Å². The highest BCUT2D eigenvalue weighted by Crippen LogP contribution is 2.43. The molecule has 0 radical (unpaired) electrons. The minimum absolute atomic E-state index is 0.0877. The number of morpholine rings is 1. The van der Waals surface area contributed by atoms with E-state index in [-0.39, 0.29) is 48.1 Å². The number of alkyl halides is 4. The summed E-state index contributed by atoms with van der Waals surface area (Å²) in [5.41, 5.74) is 0.543. The lowest BCUT2D eigenvalue weighted by atomic mass is 9.85. The Labute approximate surface area is 364 Å². The Balaban J connectivity index is 0.770. The van der Waals surface area contributed by atoms with Crippen LogP contribution in [0, 0.1) is 5.92 Å². The molecule has 0 bridgehead atoms. The number of aryl methyl sites for hydroxylation is 1. The van der Waals surface area contributed by atoms with Gasteiger partial charge in [-0.25, -0.2) is 31.9 Å². The molecule has 17 nitrogen and oxygen atoms in total. The van der Waals surface area contributed by atoms with E-state index in [0.29, 0.717) is 86.7 Å². The summed E-state index contributed by atoms with van der Waals surface area (Å²) < 4.78 is 72.7. The van der Waals surface area contributed by atoms with Crippen molar-refractivity contribution in [1.82, 2.24) is 43.7 Å². The van der Waals surface area contributed by atoms with Crippen LogP contribution in [0.25, 0.3) is 16.7 Å². The minimum Gasteiger partial charge on any atom is -0.371 e. The van der Waals surface area contributed by atoms with Gasteiger partial charge in [-0.3, -0.25) is 38.4 Å². The number of para-hydroxylation sites is 1. The van der Waals surface area contributed by atoms with Crippen molar-refractivity contribution < 1.29 is 36.7 Å². The van der Waals surface area contributed by atoms with E-state index in [0.717, 1.165) is 12.8 Å². The standard InChI is InChI=1S/C43H50F4N12O5/c1-53(32-12-16-55(24-43(32,46)47)29-4-3-5-30-36(29)54(2)41(63)59(30)31-10-11-34(60)51-40(31)62)21-25-6-8-26(9-7-25)58-22-28(35(52-58)37(44)45)49-39(61)27-20-48-57-17-13-33(50-38(27)57)56-18-19-64-42(23-56)14-15-42/h3-5,13,17,20,22,25-26,31-32,37H,6-12,14-16,18-19,21,23-24H2,1-2H3,(H,49,61)(H,51,60,62). The lowest BCUT2D eigenvalue weighted by Gasteiger charge is -2.44. The number of carbonyl (C=O) groups excluding carboxylic acids is 3. The molecule has 1 aromatic carbocycles. The number of hydrogen-bond donors (Lipinski definition) is 2. The second-order valence-electron chi connectivity index (χ2n) is 18.2. The molecule has 340 valence electrons. The Hall–Kier alpha value is -5.83. The molecule has 3 saturated heterocycles. The monoisotopic (exact) mass is 890 g/mol. The van der Waals surface area contributed by atoms with E-state index in [1.807, 2.05) is 6.07 Å². The normalized spacial score (nSPS) is 24.6. The third-order valence-corrected chi connectivity index (χ3v) is 14.0. The average Bonchev–Trinajstić information content (AvgIpc) is 3.55. The van der Waals surface area contributed by atoms with Crippen molar-refractivity contribution in [3.05, 3.63) is 64.6 Å². The topological polar surface area (TPSA) is 169 Å². The van der Waals surface area contributed by atoms with Crippen molar-refractivity contribution in [2.75, 3.05) is 61.5 Å². The molecule has 2 aliphatic carbocycles. The Morgan fingerprint density at radius 3 is 2.56 bits per heavy atom. The molecule has 5 aliphatic rings. The second kappa shape index (κ2) is 16.0. The molecule has 1 spiro atoms. The molecule has 64 heavy (non-hydrogen) atoms. The Morgan fingerprint density at radius 1 is 1.03 bits per heavy atom. The van der Waals surface area contributed by atoms with E-state index < -0.39 is 60.1 Å². The van der Waals surface area contributed by atoms with Gasteiger partial charge in [0.2, 0.25) is 11.8 Å². The van der Waals surface area contributed by atoms with Crippen LogP contribution >= 0.6 is 0 Å². The first-order valence-electron chi connectivity index (χ1n) is 22.0. The number of nitrogens with zero attached hydrogens (tertiary/aromatic N) is 10. The number of ether oxygens (including phenoxy) is 1. The largest absolute Gasteiger partial charge is 0.371 e. The summed E-state index contributed by atoms with van der Waals surface area (Å²) in [6.45, 7) is 2.11. The van der Waals surface area contributed by atoms with Crippen LogP contribution in [0.3, 0.4) is 0 Å². The number of amides is 3. The molecule has 2 saturated carbocycles. The fourth-order valence-electron chi connectivity index (χ4n) is 10.4. The molecule has 2 N–H and O–H groups in total. The number of fused-ring (bicyclic) bond motifs is 2. The third-order valence-electron chi connectivity index (χ3n) is 14.0. The number of halogens is 4. The first-order valence-corrected chi connectivity index (χ1v) is 22.0. The summed E-state index contributed by atoms with van der Waals surface area (Å²) >= 11 is 0. The van der Waals surface area contributed by atoms with Crippen LogP contribution < -0.4 is 26.1 Å². The maximum absolute atomic E-state index is 16.2. The zero-order chi connectivity index (χ0) is 44.7. The Bertz CT molecular complexity index is 2700. The maximum Gasteiger partial charge on any atom is 0.329 e. The number of hydrogen-bond acceptors (Lipinski definition) is 11. The SMILES string of the molecule is CN(CC1CCC(n2cc(NC(=O)c3cnn4ccc(N5CCOC6(CC6)C5)nc34)c(C(F)F)n2)CC1)C1CCN(c2cccc3c2n(C)c(=O)n3C2CCC(=O)NC2=O)CC1(F)F. The van der Waals surface area contributed by atoms with Crippen LogP contribution in [-0.4, -0.2) is 120 Å². The first-order chi connectivity index (χ1) is 30.7. The number of piperidine rings is 2. The van der Waals surface area contributed by atoms with E-state index in [2.05, 4.69) is 25.7 Å². The number of imidazole rings is 1. The number of benzene rings is 1. The van der Waals surface area contributed by atoms with E-state index in [4.69, 9.17) is 9.72 Å². The molecule has 4 aromatic heterocycles. The van der Waals surface area contributed by atoms with Crippen molar-refractivity contribution >= 4 is 51.6 Å². The van der Waals surface area contributed by atoms with Gasteiger partial charge in [0, 0.05) is 52.0 Å². The number of rotatable bonds is 10. The van der Waals surface area contributed by atoms with Gasteiger partial charge < -0.3 is 19.9 Å². The van der Waals surface area contributed by atoms with Gasteiger partial charge in [-0.05, 0) is 82.5 Å². The summed E-state index contributed by atoms with van der Waals surface area (Å²) in [6.07, 6.45) is 6.52. The van der Waals surface area contributed by atoms with E-state index in [1.54, 1.807) is 48.3 Å². The smallest absolute Gasteiger partial charge is 0.329 e. The first kappa shape index (κ1) is 42.1. The third kappa shape index (κ3) is 7.58. The fraction of sp³-hybridized carbons (Fsp3) is 0.558. The molecule has 5 fully saturated rings. The Kier molecular flexibility index (Phi) is 10.5. The van der Waals surface area contributed by atoms with Crippen molar-refractivity contribution in [2.45, 2.75) is 93.9 Å². The molecule has 3 amide bonds. The Morgan fingerprint density at radius 2 is 1.83 bits per heavy atom. The van der Waals surface area contributed by atoms with Crippen molar-refractivity contribution in [1.29, 1.82) is 0 Å². The zero-order valence-corrected chi connectivity index (χ0v) is 35.6. The second-order valence-corrected chi connectivity index (χ2v) is 18.2. The minimum atomic E-state index is -3.11. The molecular formula is C43H50F4N12O5. The van der Waals surface area contributed by atoms with Gasteiger partial charge in [-0.2, -0.15) is 10.2 Å². The predicted molar refractivity (Wildman–Crippen MR) is 226 cm³/mol. The molecule has 3 aliphatic heterocycles.